The number of aromatic nitrogens is 2. The molecule has 0 bridgehead atoms. The first kappa shape index (κ1) is 18.0. The van der Waals surface area contributed by atoms with Crippen LogP contribution in [0.15, 0.2) is 18.5 Å². The van der Waals surface area contributed by atoms with Gasteiger partial charge in [-0.25, -0.2) is 13.8 Å². The predicted molar refractivity (Wildman–Crippen MR) is 105 cm³/mol. The zero-order valence-electron chi connectivity index (χ0n) is 16.1. The van der Waals surface area contributed by atoms with Crippen molar-refractivity contribution in [3.05, 3.63) is 24.0 Å². The molecule has 5 heteroatoms. The molecule has 0 radical (unpaired) electrons. The monoisotopic (exact) mass is 358 g/mol. The second kappa shape index (κ2) is 6.65. The van der Waals surface area contributed by atoms with E-state index in [0.717, 1.165) is 48.0 Å². The van der Waals surface area contributed by atoms with Crippen LogP contribution in [0.25, 0.3) is 11.0 Å². The lowest BCUT2D eigenvalue weighted by atomic mass is 9.35. The third kappa shape index (κ3) is 3.42. The van der Waals surface area contributed by atoms with Crippen molar-refractivity contribution in [2.45, 2.75) is 78.0 Å². The van der Waals surface area contributed by atoms with E-state index >= 15 is 0 Å². The largest absolute Gasteiger partial charge is 0.327 e. The van der Waals surface area contributed by atoms with Gasteiger partial charge in [-0.05, 0) is 35.8 Å². The van der Waals surface area contributed by atoms with Crippen molar-refractivity contribution in [3.8, 4) is 0 Å². The Balaban J connectivity index is 1.70. The summed E-state index contributed by atoms with van der Waals surface area (Å²) in [4.78, 5) is 4.62. The van der Waals surface area contributed by atoms with Crippen molar-refractivity contribution in [1.29, 1.82) is 0 Å². The van der Waals surface area contributed by atoms with Gasteiger partial charge in [0.15, 0.2) is 6.71 Å². The summed E-state index contributed by atoms with van der Waals surface area (Å²) < 4.78 is 28.8. The molecule has 1 aliphatic heterocycles. The van der Waals surface area contributed by atoms with Gasteiger partial charge in [0.05, 0.1) is 17.4 Å². The van der Waals surface area contributed by atoms with E-state index in [2.05, 4.69) is 42.5 Å². The summed E-state index contributed by atoms with van der Waals surface area (Å²) in [5, 5.41) is 0. The van der Waals surface area contributed by atoms with Gasteiger partial charge in [0, 0.05) is 12.5 Å². The highest BCUT2D eigenvalue weighted by Gasteiger charge is 2.32. The zero-order chi connectivity index (χ0) is 18.5. The van der Waals surface area contributed by atoms with Crippen LogP contribution < -0.4 is 5.46 Å². The van der Waals surface area contributed by atoms with Crippen molar-refractivity contribution in [2.75, 3.05) is 0 Å². The molecule has 26 heavy (non-hydrogen) atoms. The molecule has 1 saturated heterocycles. The van der Waals surface area contributed by atoms with Crippen LogP contribution in [0.3, 0.4) is 0 Å². The van der Waals surface area contributed by atoms with Gasteiger partial charge in [-0.2, -0.15) is 0 Å². The summed E-state index contributed by atoms with van der Waals surface area (Å²) in [6.45, 7) is 7.39. The van der Waals surface area contributed by atoms with E-state index < -0.39 is 6.43 Å². The molecule has 2 heterocycles. The van der Waals surface area contributed by atoms with E-state index in [0.29, 0.717) is 18.2 Å². The molecule has 1 aromatic heterocycles. The molecule has 0 atom stereocenters. The summed E-state index contributed by atoms with van der Waals surface area (Å²) in [5.74, 6) is 0.723. The quantitative estimate of drug-likeness (QED) is 0.675. The number of rotatable bonds is 4. The van der Waals surface area contributed by atoms with Crippen molar-refractivity contribution in [2.24, 2.45) is 11.3 Å². The summed E-state index contributed by atoms with van der Waals surface area (Å²) in [6, 6.07) is 4.66. The average molecular weight is 358 g/mol. The van der Waals surface area contributed by atoms with Crippen LogP contribution in [-0.4, -0.2) is 22.7 Å². The molecule has 140 valence electrons. The van der Waals surface area contributed by atoms with E-state index in [-0.39, 0.29) is 6.42 Å². The van der Waals surface area contributed by atoms with E-state index in [1.54, 1.807) is 0 Å². The number of hydrogen-bond acceptors (Lipinski definition) is 1. The minimum absolute atomic E-state index is 0.170. The third-order valence-corrected chi connectivity index (χ3v) is 6.70. The van der Waals surface area contributed by atoms with Gasteiger partial charge >= 0.3 is 0 Å². The molecule has 0 spiro atoms. The fourth-order valence-corrected chi connectivity index (χ4v) is 4.93. The average Bonchev–Trinajstić information content (AvgIpc) is 2.95. The van der Waals surface area contributed by atoms with Crippen LogP contribution in [0, 0.1) is 11.3 Å². The molecule has 2 aliphatic rings. The van der Waals surface area contributed by atoms with Crippen LogP contribution in [0.1, 0.15) is 58.1 Å². The molecule has 0 unspecified atom stereocenters. The van der Waals surface area contributed by atoms with Crippen LogP contribution in [0.5, 0.6) is 0 Å². The highest BCUT2D eigenvalue weighted by Crippen LogP contribution is 2.40. The number of fused-ring (bicyclic) bond motifs is 1. The molecule has 2 fully saturated rings. The SMILES string of the molecule is CC1CC(n2cnc3cc(B4CCC(C)(C)CC4)cc(CC(F)F)c32)C1. The number of imidazole rings is 1. The van der Waals surface area contributed by atoms with Gasteiger partial charge in [0.25, 0.3) is 0 Å². The van der Waals surface area contributed by atoms with Gasteiger partial charge < -0.3 is 4.57 Å². The Morgan fingerprint density at radius 1 is 1.23 bits per heavy atom. The first-order valence-corrected chi connectivity index (χ1v) is 10.1. The Morgan fingerprint density at radius 3 is 2.54 bits per heavy atom. The molecule has 2 nitrogen and oxygen atoms in total. The summed E-state index contributed by atoms with van der Waals surface area (Å²) in [6.07, 6.45) is 6.34. The number of halogens is 2. The fraction of sp³-hybridized carbons (Fsp3) is 0.667. The lowest BCUT2D eigenvalue weighted by molar-refractivity contribution is 0.149. The predicted octanol–water partition coefficient (Wildman–Crippen LogP) is 5.34. The normalized spacial score (nSPS) is 25.7. The molecule has 1 aromatic carbocycles. The Bertz CT molecular complexity index is 783. The number of benzene rings is 1. The first-order chi connectivity index (χ1) is 12.3. The van der Waals surface area contributed by atoms with Crippen molar-refractivity contribution in [1.82, 2.24) is 9.55 Å². The highest BCUT2D eigenvalue weighted by atomic mass is 19.3. The maximum absolute atomic E-state index is 13.3. The number of alkyl halides is 2. The Hall–Kier alpha value is -1.39. The fourth-order valence-electron chi connectivity index (χ4n) is 4.93. The molecule has 2 aromatic rings. The molecular weight excluding hydrogens is 329 g/mol. The third-order valence-electron chi connectivity index (χ3n) is 6.70. The van der Waals surface area contributed by atoms with E-state index in [9.17, 15) is 8.78 Å². The summed E-state index contributed by atoms with van der Waals surface area (Å²) >= 11 is 0. The van der Waals surface area contributed by atoms with Crippen LogP contribution >= 0.6 is 0 Å². The zero-order valence-corrected chi connectivity index (χ0v) is 16.1. The smallest absolute Gasteiger partial charge is 0.242 e. The van der Waals surface area contributed by atoms with E-state index in [1.165, 1.54) is 18.3 Å². The minimum atomic E-state index is -2.32. The summed E-state index contributed by atoms with van der Waals surface area (Å²) in [5.41, 5.74) is 4.27. The van der Waals surface area contributed by atoms with E-state index in [1.807, 2.05) is 6.33 Å². The molecule has 4 rings (SSSR count). The lowest BCUT2D eigenvalue weighted by Crippen LogP contribution is -2.36. The van der Waals surface area contributed by atoms with Crippen LogP contribution in [0.4, 0.5) is 8.78 Å². The van der Waals surface area contributed by atoms with Gasteiger partial charge in [0.2, 0.25) is 6.43 Å². The van der Waals surface area contributed by atoms with Crippen LogP contribution in [-0.2, 0) is 6.42 Å². The number of nitrogens with zero attached hydrogens (tertiary/aromatic N) is 2. The van der Waals surface area contributed by atoms with Gasteiger partial charge in [0.1, 0.15) is 0 Å². The second-order valence-electron chi connectivity index (χ2n) is 9.46. The van der Waals surface area contributed by atoms with Crippen molar-refractivity contribution >= 4 is 23.2 Å². The second-order valence-corrected chi connectivity index (χ2v) is 9.46. The lowest BCUT2D eigenvalue weighted by Gasteiger charge is -2.35. The van der Waals surface area contributed by atoms with E-state index in [4.69, 9.17) is 0 Å². The molecular formula is C21H29BF2N2. The summed E-state index contributed by atoms with van der Waals surface area (Å²) in [7, 11) is 0. The standard InChI is InChI=1S/C21H29BF2N2/c1-14-8-17(9-14)26-13-25-18-12-16(10-15(20(18)26)11-19(23)24)22-6-4-21(2,3)5-7-22/h10,12-14,17,19H,4-9,11H2,1-3H3. The highest BCUT2D eigenvalue weighted by molar-refractivity contribution is 6.73. The van der Waals surface area contributed by atoms with Gasteiger partial charge in [-0.1, -0.05) is 57.8 Å². The van der Waals surface area contributed by atoms with Crippen LogP contribution in [0.2, 0.25) is 12.6 Å². The number of hydrogen-bond donors (Lipinski definition) is 0. The Morgan fingerprint density at radius 2 is 1.92 bits per heavy atom. The van der Waals surface area contributed by atoms with Gasteiger partial charge in [-0.15, -0.1) is 0 Å². The first-order valence-electron chi connectivity index (χ1n) is 10.1. The Labute approximate surface area is 155 Å². The molecule has 1 aliphatic carbocycles. The maximum atomic E-state index is 13.3. The van der Waals surface area contributed by atoms with Crippen molar-refractivity contribution in [3.63, 3.8) is 0 Å². The topological polar surface area (TPSA) is 17.8 Å². The molecule has 0 N–H and O–H groups in total. The van der Waals surface area contributed by atoms with Crippen molar-refractivity contribution < 1.29 is 8.78 Å². The van der Waals surface area contributed by atoms with Gasteiger partial charge in [-0.3, -0.25) is 0 Å². The molecule has 0 amide bonds. The Kier molecular flexibility index (Phi) is 4.60. The maximum Gasteiger partial charge on any atom is 0.242 e. The minimum Gasteiger partial charge on any atom is -0.327 e. The molecule has 1 saturated carbocycles.